The normalized spacial score (nSPS) is 10.5. The molecule has 130 valence electrons. The summed E-state index contributed by atoms with van der Waals surface area (Å²) in [6.45, 7) is 0.351. The highest BCUT2D eigenvalue weighted by Gasteiger charge is 2.10. The zero-order chi connectivity index (χ0) is 17.6. The van der Waals surface area contributed by atoms with Gasteiger partial charge in [0.15, 0.2) is 11.5 Å². The van der Waals surface area contributed by atoms with Crippen LogP contribution in [0, 0.1) is 5.82 Å². The Bertz CT molecular complexity index is 824. The van der Waals surface area contributed by atoms with Crippen LogP contribution in [-0.4, -0.2) is 27.7 Å². The van der Waals surface area contributed by atoms with E-state index in [0.29, 0.717) is 28.6 Å². The van der Waals surface area contributed by atoms with E-state index in [9.17, 15) is 4.39 Å². The van der Waals surface area contributed by atoms with Crippen molar-refractivity contribution < 1.29 is 13.9 Å². The molecule has 7 nitrogen and oxygen atoms in total. The number of H-pyrrole nitrogens is 1. The van der Waals surface area contributed by atoms with E-state index < -0.39 is 5.82 Å². The largest absolute Gasteiger partial charge is 0.493 e. The monoisotopic (exact) mass is 362 g/mol. The summed E-state index contributed by atoms with van der Waals surface area (Å²) in [5.41, 5.74) is 1.17. The van der Waals surface area contributed by atoms with Gasteiger partial charge in [0.25, 0.3) is 0 Å². The Morgan fingerprint density at radius 1 is 1.24 bits per heavy atom. The lowest BCUT2D eigenvalue weighted by atomic mass is 10.2. The van der Waals surface area contributed by atoms with Crippen molar-refractivity contribution in [1.82, 2.24) is 20.6 Å². The average Bonchev–Trinajstić information content (AvgIpc) is 3.13. The number of hydrogen-bond donors (Lipinski definition) is 1. The Morgan fingerprint density at radius 3 is 2.84 bits per heavy atom. The average molecular weight is 363 g/mol. The van der Waals surface area contributed by atoms with Crippen LogP contribution < -0.4 is 9.47 Å². The van der Waals surface area contributed by atoms with E-state index in [1.807, 2.05) is 6.07 Å². The summed E-state index contributed by atoms with van der Waals surface area (Å²) < 4.78 is 24.8. The smallest absolute Gasteiger partial charge is 0.161 e. The summed E-state index contributed by atoms with van der Waals surface area (Å²) in [6, 6.07) is 9.83. The molecule has 0 saturated carbocycles. The fourth-order valence-corrected chi connectivity index (χ4v) is 2.35. The van der Waals surface area contributed by atoms with Crippen LogP contribution in [0.1, 0.15) is 11.1 Å². The molecule has 0 aliphatic rings. The number of rotatable bonds is 7. The van der Waals surface area contributed by atoms with Crippen LogP contribution in [-0.2, 0) is 13.2 Å². The van der Waals surface area contributed by atoms with Crippen LogP contribution in [0.3, 0.4) is 0 Å². The number of methoxy groups -OCH3 is 1. The first-order chi connectivity index (χ1) is 12.2. The predicted molar refractivity (Wildman–Crippen MR) is 89.6 cm³/mol. The van der Waals surface area contributed by atoms with Gasteiger partial charge in [0.2, 0.25) is 0 Å². The Hall–Kier alpha value is -2.87. The van der Waals surface area contributed by atoms with Gasteiger partial charge in [-0.25, -0.2) is 4.39 Å². The summed E-state index contributed by atoms with van der Waals surface area (Å²) in [6.07, 6.45) is 0. The van der Waals surface area contributed by atoms with E-state index >= 15 is 0 Å². The van der Waals surface area contributed by atoms with Crippen LogP contribution in [0.4, 0.5) is 10.3 Å². The molecule has 3 rings (SSSR count). The number of hydrogen-bond acceptors (Lipinski definition) is 5. The van der Waals surface area contributed by atoms with Gasteiger partial charge < -0.3 is 14.8 Å². The van der Waals surface area contributed by atoms with E-state index in [0.717, 1.165) is 5.56 Å². The predicted octanol–water partition coefficient (Wildman–Crippen LogP) is 3.79. The molecule has 1 N–H and O–H groups in total. The van der Waals surface area contributed by atoms with Gasteiger partial charge in [0, 0.05) is 12.1 Å². The SMILES string of the molecule is COc1cc(C[N-]c2nn[nH]n2)ccc1OCc1c(F)cccc1Cl. The van der Waals surface area contributed by atoms with Crippen LogP contribution in [0.25, 0.3) is 5.32 Å². The van der Waals surface area contributed by atoms with Gasteiger partial charge in [-0.1, -0.05) is 23.7 Å². The molecular weight excluding hydrogens is 349 g/mol. The number of aromatic amines is 1. The first kappa shape index (κ1) is 17.0. The minimum Gasteiger partial charge on any atom is -0.493 e. The molecule has 25 heavy (non-hydrogen) atoms. The molecule has 9 heteroatoms. The number of halogens is 2. The van der Waals surface area contributed by atoms with Crippen LogP contribution >= 0.6 is 11.6 Å². The highest BCUT2D eigenvalue weighted by atomic mass is 35.5. The fourth-order valence-electron chi connectivity index (χ4n) is 2.14. The quantitative estimate of drug-likeness (QED) is 0.691. The standard InChI is InChI=1S/C16H14ClFN5O2/c1-24-15-7-10(8-19-16-20-22-23-21-16)5-6-14(15)25-9-11-12(17)3-2-4-13(11)18/h2-7H,8-9H2,1H3,(H-,19,20,21,22,23)/q-1. The second kappa shape index (κ2) is 7.80. The first-order valence-electron chi connectivity index (χ1n) is 7.31. The number of ether oxygens (including phenoxy) is 2. The lowest BCUT2D eigenvalue weighted by Crippen LogP contribution is -2.01. The van der Waals surface area contributed by atoms with Crippen molar-refractivity contribution in [2.45, 2.75) is 13.2 Å². The molecule has 0 spiro atoms. The van der Waals surface area contributed by atoms with Crippen LogP contribution in [0.5, 0.6) is 11.5 Å². The zero-order valence-electron chi connectivity index (χ0n) is 13.2. The maximum Gasteiger partial charge on any atom is 0.161 e. The second-order valence-corrected chi connectivity index (χ2v) is 5.41. The molecule has 3 aromatic rings. The third-order valence-corrected chi connectivity index (χ3v) is 3.75. The van der Waals surface area contributed by atoms with E-state index in [1.165, 1.54) is 13.2 Å². The Morgan fingerprint density at radius 2 is 2.12 bits per heavy atom. The molecule has 0 saturated heterocycles. The summed E-state index contributed by atoms with van der Waals surface area (Å²) in [7, 11) is 1.53. The van der Waals surface area contributed by atoms with Gasteiger partial charge in [0.1, 0.15) is 12.4 Å². The van der Waals surface area contributed by atoms with Gasteiger partial charge in [-0.15, -0.1) is 5.21 Å². The molecule has 0 atom stereocenters. The highest BCUT2D eigenvalue weighted by molar-refractivity contribution is 6.31. The van der Waals surface area contributed by atoms with Gasteiger partial charge >= 0.3 is 0 Å². The zero-order valence-corrected chi connectivity index (χ0v) is 14.0. The minimum atomic E-state index is -0.415. The van der Waals surface area contributed by atoms with Crippen molar-refractivity contribution in [2.24, 2.45) is 0 Å². The van der Waals surface area contributed by atoms with Crippen molar-refractivity contribution in [2.75, 3.05) is 7.11 Å². The minimum absolute atomic E-state index is 0.00551. The molecule has 0 fully saturated rings. The third kappa shape index (κ3) is 4.16. The van der Waals surface area contributed by atoms with Gasteiger partial charge in [0.05, 0.1) is 18.1 Å². The molecule has 0 aliphatic heterocycles. The maximum absolute atomic E-state index is 13.8. The molecular formula is C16H14ClFN5O2-. The second-order valence-electron chi connectivity index (χ2n) is 5.00. The summed E-state index contributed by atoms with van der Waals surface area (Å²) in [4.78, 5) is 0. The number of nitrogens with zero attached hydrogens (tertiary/aromatic N) is 4. The highest BCUT2D eigenvalue weighted by Crippen LogP contribution is 2.31. The third-order valence-electron chi connectivity index (χ3n) is 3.40. The summed E-state index contributed by atoms with van der Waals surface area (Å²) in [5, 5.41) is 17.8. The van der Waals surface area contributed by atoms with E-state index in [2.05, 4.69) is 25.9 Å². The Kier molecular flexibility index (Phi) is 5.30. The number of nitrogens with one attached hydrogen (secondary N) is 1. The molecule has 0 amide bonds. The number of aromatic nitrogens is 4. The van der Waals surface area contributed by atoms with Crippen LogP contribution in [0.2, 0.25) is 5.02 Å². The summed E-state index contributed by atoms with van der Waals surface area (Å²) >= 11 is 6.00. The maximum atomic E-state index is 13.8. The Balaban J connectivity index is 1.69. The molecule has 2 aromatic carbocycles. The molecule has 0 unspecified atom stereocenters. The number of benzene rings is 2. The first-order valence-corrected chi connectivity index (χ1v) is 7.68. The molecule has 0 radical (unpaired) electrons. The van der Waals surface area contributed by atoms with Crippen molar-refractivity contribution in [1.29, 1.82) is 0 Å². The molecule has 0 bridgehead atoms. The van der Waals surface area contributed by atoms with Crippen molar-refractivity contribution in [3.05, 3.63) is 63.7 Å². The van der Waals surface area contributed by atoms with Gasteiger partial charge in [-0.05, 0) is 29.8 Å². The Labute approximate surface area is 148 Å². The molecule has 1 heterocycles. The van der Waals surface area contributed by atoms with E-state index in [1.54, 1.807) is 24.3 Å². The summed E-state index contributed by atoms with van der Waals surface area (Å²) in [5.74, 6) is 0.842. The van der Waals surface area contributed by atoms with E-state index in [4.69, 9.17) is 21.1 Å². The van der Waals surface area contributed by atoms with Gasteiger partial charge in [-0.3, -0.25) is 15.4 Å². The molecule has 1 aromatic heterocycles. The lowest BCUT2D eigenvalue weighted by molar-refractivity contribution is 0.279. The molecule has 0 aliphatic carbocycles. The van der Waals surface area contributed by atoms with Gasteiger partial charge in [-0.2, -0.15) is 0 Å². The van der Waals surface area contributed by atoms with Crippen molar-refractivity contribution in [3.63, 3.8) is 0 Å². The lowest BCUT2D eigenvalue weighted by Gasteiger charge is -2.14. The van der Waals surface area contributed by atoms with Crippen molar-refractivity contribution in [3.8, 4) is 11.5 Å². The van der Waals surface area contributed by atoms with Crippen LogP contribution in [0.15, 0.2) is 36.4 Å². The van der Waals surface area contributed by atoms with Crippen molar-refractivity contribution >= 4 is 17.5 Å². The fraction of sp³-hybridized carbons (Fsp3) is 0.188. The topological polar surface area (TPSA) is 87.0 Å². The number of tetrazole rings is 1. The van der Waals surface area contributed by atoms with E-state index in [-0.39, 0.29) is 12.6 Å².